The van der Waals surface area contributed by atoms with E-state index in [2.05, 4.69) is 9.97 Å². The van der Waals surface area contributed by atoms with Gasteiger partial charge in [0.05, 0.1) is 11.0 Å². The molecule has 0 radical (unpaired) electrons. The number of primary sulfonamides is 2. The number of pyridine rings is 2. The summed E-state index contributed by atoms with van der Waals surface area (Å²) in [5.74, 6) is 0. The van der Waals surface area contributed by atoms with Crippen LogP contribution in [-0.2, 0) is 20.0 Å². The fourth-order valence-electron chi connectivity index (χ4n) is 4.12. The minimum absolute atomic E-state index is 0.103. The summed E-state index contributed by atoms with van der Waals surface area (Å²) in [6.07, 6.45) is 1.60. The third kappa shape index (κ3) is 3.72. The summed E-state index contributed by atoms with van der Waals surface area (Å²) in [6.45, 7) is 0. The van der Waals surface area contributed by atoms with E-state index >= 15 is 0 Å². The van der Waals surface area contributed by atoms with Crippen LogP contribution >= 0.6 is 0 Å². The van der Waals surface area contributed by atoms with Crippen molar-refractivity contribution in [3.63, 3.8) is 0 Å². The summed E-state index contributed by atoms with van der Waals surface area (Å²) in [5.41, 5.74) is 2.95. The normalized spacial score (nSPS) is 12.3. The largest absolute Gasteiger partial charge is 0.256 e. The molecule has 0 spiro atoms. The zero-order valence-electron chi connectivity index (χ0n) is 17.6. The predicted molar refractivity (Wildman–Crippen MR) is 131 cm³/mol. The van der Waals surface area contributed by atoms with E-state index in [1.54, 1.807) is 42.6 Å². The van der Waals surface area contributed by atoms with Crippen LogP contribution in [0.3, 0.4) is 0 Å². The topological polar surface area (TPSA) is 146 Å². The van der Waals surface area contributed by atoms with Crippen molar-refractivity contribution in [2.45, 2.75) is 9.92 Å². The maximum atomic E-state index is 12.6. The number of aromatic nitrogens is 2. The first kappa shape index (κ1) is 22.1. The SMILES string of the molecule is NS(=O)(=O)c1nc2c(ccc3c(-c4ccccc4)ccnc32)c(-c2ccccc2)c1S(N)(=O)=O. The summed E-state index contributed by atoms with van der Waals surface area (Å²) in [5, 5.41) is 11.2. The van der Waals surface area contributed by atoms with Gasteiger partial charge in [-0.25, -0.2) is 32.1 Å². The lowest BCUT2D eigenvalue weighted by Gasteiger charge is -2.16. The average Bonchev–Trinajstić information content (AvgIpc) is 2.82. The van der Waals surface area contributed by atoms with Crippen LogP contribution in [0, 0.1) is 0 Å². The fraction of sp³-hybridized carbons (Fsp3) is 0. The summed E-state index contributed by atoms with van der Waals surface area (Å²) < 4.78 is 50.3. The van der Waals surface area contributed by atoms with E-state index in [0.717, 1.165) is 16.5 Å². The van der Waals surface area contributed by atoms with Gasteiger partial charge in [0, 0.05) is 22.5 Å². The first-order valence-corrected chi connectivity index (χ1v) is 13.2. The first-order chi connectivity index (χ1) is 16.2. The number of sulfonamides is 2. The van der Waals surface area contributed by atoms with Crippen molar-refractivity contribution in [3.8, 4) is 22.3 Å². The molecule has 3 aromatic carbocycles. The highest BCUT2D eigenvalue weighted by Crippen LogP contribution is 2.40. The Kier molecular flexibility index (Phi) is 5.18. The van der Waals surface area contributed by atoms with Crippen LogP contribution in [0.5, 0.6) is 0 Å². The summed E-state index contributed by atoms with van der Waals surface area (Å²) in [6, 6.07) is 23.5. The molecule has 10 heteroatoms. The Hall–Kier alpha value is -3.70. The van der Waals surface area contributed by atoms with Gasteiger partial charge in [-0.3, -0.25) is 4.98 Å². The number of hydrogen-bond acceptors (Lipinski definition) is 6. The second-order valence-corrected chi connectivity index (χ2v) is 10.6. The molecule has 0 bridgehead atoms. The fourth-order valence-corrected chi connectivity index (χ4v) is 6.20. The molecule has 5 aromatic rings. The van der Waals surface area contributed by atoms with Crippen molar-refractivity contribution in [1.82, 2.24) is 9.97 Å². The lowest BCUT2D eigenvalue weighted by atomic mass is 9.96. The number of fused-ring (bicyclic) bond motifs is 3. The molecule has 170 valence electrons. The lowest BCUT2D eigenvalue weighted by molar-refractivity contribution is 0.580. The number of rotatable bonds is 4. The van der Waals surface area contributed by atoms with Crippen LogP contribution in [-0.4, -0.2) is 26.8 Å². The van der Waals surface area contributed by atoms with Crippen molar-refractivity contribution in [2.24, 2.45) is 10.3 Å². The third-order valence-electron chi connectivity index (χ3n) is 5.49. The predicted octanol–water partition coefficient (Wildman–Crippen LogP) is 3.41. The van der Waals surface area contributed by atoms with Gasteiger partial charge in [0.15, 0.2) is 5.03 Å². The van der Waals surface area contributed by atoms with Crippen molar-refractivity contribution < 1.29 is 16.8 Å². The highest BCUT2D eigenvalue weighted by molar-refractivity contribution is 7.92. The minimum Gasteiger partial charge on any atom is -0.254 e. The van der Waals surface area contributed by atoms with Gasteiger partial charge in [0.2, 0.25) is 10.0 Å². The van der Waals surface area contributed by atoms with Gasteiger partial charge >= 0.3 is 0 Å². The molecule has 4 N–H and O–H groups in total. The molecular weight excluding hydrogens is 472 g/mol. The second-order valence-electron chi connectivity index (χ2n) is 7.66. The number of nitrogens with two attached hydrogens (primary N) is 2. The summed E-state index contributed by atoms with van der Waals surface area (Å²) >= 11 is 0. The van der Waals surface area contributed by atoms with Crippen molar-refractivity contribution in [2.75, 3.05) is 0 Å². The Morgan fingerprint density at radius 2 is 1.21 bits per heavy atom. The van der Waals surface area contributed by atoms with Crippen LogP contribution < -0.4 is 10.3 Å². The van der Waals surface area contributed by atoms with Crippen LogP contribution in [0.25, 0.3) is 44.1 Å². The van der Waals surface area contributed by atoms with E-state index in [1.807, 2.05) is 42.5 Å². The van der Waals surface area contributed by atoms with E-state index < -0.39 is 30.0 Å². The molecule has 0 aliphatic carbocycles. The molecule has 0 unspecified atom stereocenters. The number of benzene rings is 3. The molecule has 5 rings (SSSR count). The van der Waals surface area contributed by atoms with E-state index in [-0.39, 0.29) is 11.1 Å². The molecular formula is C24H18N4O4S2. The highest BCUT2D eigenvalue weighted by Gasteiger charge is 2.31. The molecule has 2 aromatic heterocycles. The summed E-state index contributed by atoms with van der Waals surface area (Å²) in [7, 11) is -9.10. The number of hydrogen-bond donors (Lipinski definition) is 2. The van der Waals surface area contributed by atoms with Gasteiger partial charge in [0.1, 0.15) is 4.90 Å². The molecule has 0 aliphatic rings. The van der Waals surface area contributed by atoms with Crippen LogP contribution in [0.2, 0.25) is 0 Å². The summed E-state index contributed by atoms with van der Waals surface area (Å²) in [4.78, 5) is 8.05. The molecule has 34 heavy (non-hydrogen) atoms. The van der Waals surface area contributed by atoms with Crippen molar-refractivity contribution >= 4 is 41.9 Å². The van der Waals surface area contributed by atoms with Gasteiger partial charge in [0.25, 0.3) is 10.0 Å². The first-order valence-electron chi connectivity index (χ1n) is 10.1. The van der Waals surface area contributed by atoms with E-state index in [9.17, 15) is 16.8 Å². The highest BCUT2D eigenvalue weighted by atomic mass is 32.2. The molecule has 0 amide bonds. The van der Waals surface area contributed by atoms with Crippen molar-refractivity contribution in [3.05, 3.63) is 85.1 Å². The van der Waals surface area contributed by atoms with Gasteiger partial charge in [-0.1, -0.05) is 72.8 Å². The van der Waals surface area contributed by atoms with Gasteiger partial charge in [-0.15, -0.1) is 0 Å². The van der Waals surface area contributed by atoms with Gasteiger partial charge < -0.3 is 0 Å². The monoisotopic (exact) mass is 490 g/mol. The van der Waals surface area contributed by atoms with Crippen molar-refractivity contribution in [1.29, 1.82) is 0 Å². The molecule has 0 saturated carbocycles. The second kappa shape index (κ2) is 7.96. The number of nitrogens with zero attached hydrogens (tertiary/aromatic N) is 2. The molecule has 8 nitrogen and oxygen atoms in total. The zero-order valence-corrected chi connectivity index (χ0v) is 19.2. The zero-order chi connectivity index (χ0) is 24.1. The quantitative estimate of drug-likeness (QED) is 0.369. The van der Waals surface area contributed by atoms with Crippen LogP contribution in [0.4, 0.5) is 0 Å². The maximum Gasteiger partial charge on any atom is 0.256 e. The third-order valence-corrected chi connectivity index (χ3v) is 7.42. The molecule has 0 atom stereocenters. The van der Waals surface area contributed by atoms with Crippen LogP contribution in [0.15, 0.2) is 95.0 Å². The lowest BCUT2D eigenvalue weighted by Crippen LogP contribution is -2.23. The Morgan fingerprint density at radius 3 is 1.79 bits per heavy atom. The van der Waals surface area contributed by atoms with Gasteiger partial charge in [-0.05, 0) is 22.8 Å². The average molecular weight is 491 g/mol. The van der Waals surface area contributed by atoms with Crippen LogP contribution in [0.1, 0.15) is 0 Å². The Labute approximate surface area is 196 Å². The standard InChI is InChI=1S/C24H18N4O4S2/c25-33(29,30)23-20(16-9-5-2-6-10-16)19-12-11-18-17(15-7-3-1-4-8-15)13-14-27-21(18)22(19)28-24(23)34(26,31)32/h1-14H,(H2,25,29,30)(H2,26,31,32). The van der Waals surface area contributed by atoms with Gasteiger partial charge in [-0.2, -0.15) is 0 Å². The molecule has 0 fully saturated rings. The van der Waals surface area contributed by atoms with E-state index in [4.69, 9.17) is 10.3 Å². The molecule has 2 heterocycles. The van der Waals surface area contributed by atoms with E-state index in [0.29, 0.717) is 16.5 Å². The Bertz CT molecular complexity index is 1790. The smallest absolute Gasteiger partial charge is 0.254 e. The minimum atomic E-state index is -4.57. The molecule has 0 saturated heterocycles. The van der Waals surface area contributed by atoms with E-state index in [1.165, 1.54) is 0 Å². The maximum absolute atomic E-state index is 12.6. The molecule has 0 aliphatic heterocycles. The Morgan fingerprint density at radius 1 is 0.618 bits per heavy atom. The Balaban J connectivity index is 2.03.